The molecule has 3 rings (SSSR count). The molecule has 0 aliphatic rings. The number of rotatable bonds is 7. The molecule has 124 valence electrons. The van der Waals surface area contributed by atoms with Crippen molar-refractivity contribution in [2.24, 2.45) is 0 Å². The molecule has 7 heteroatoms. The second kappa shape index (κ2) is 8.12. The van der Waals surface area contributed by atoms with Gasteiger partial charge in [0.2, 0.25) is 11.8 Å². The van der Waals surface area contributed by atoms with Gasteiger partial charge in [-0.05, 0) is 30.0 Å². The number of nitrogens with one attached hydrogen (secondary N) is 1. The third-order valence-electron chi connectivity index (χ3n) is 3.31. The zero-order valence-corrected chi connectivity index (χ0v) is 14.8. The molecule has 1 N–H and O–H groups in total. The number of aromatic nitrogens is 2. The Labute approximate surface area is 148 Å². The average Bonchev–Trinajstić information content (AvgIpc) is 3.24. The quantitative estimate of drug-likeness (QED) is 0.697. The highest BCUT2D eigenvalue weighted by atomic mass is 32.2. The molecule has 5 nitrogen and oxygen atoms in total. The van der Waals surface area contributed by atoms with E-state index in [0.29, 0.717) is 23.9 Å². The van der Waals surface area contributed by atoms with Gasteiger partial charge in [0, 0.05) is 24.7 Å². The van der Waals surface area contributed by atoms with Crippen molar-refractivity contribution in [1.82, 2.24) is 15.3 Å². The average molecular weight is 359 g/mol. The highest BCUT2D eigenvalue weighted by molar-refractivity contribution is 7.99. The number of amides is 1. The maximum absolute atomic E-state index is 11.9. The molecule has 0 saturated heterocycles. The molecule has 0 aliphatic carbocycles. The van der Waals surface area contributed by atoms with Crippen LogP contribution in [0.25, 0.3) is 10.8 Å². The van der Waals surface area contributed by atoms with Crippen molar-refractivity contribution in [1.29, 1.82) is 0 Å². The molecule has 24 heavy (non-hydrogen) atoms. The van der Waals surface area contributed by atoms with E-state index in [-0.39, 0.29) is 5.91 Å². The minimum Gasteiger partial charge on any atom is -0.440 e. The van der Waals surface area contributed by atoms with Gasteiger partial charge in [0.15, 0.2) is 0 Å². The molecular formula is C17H17N3O2S2. The van der Waals surface area contributed by atoms with Crippen molar-refractivity contribution in [3.8, 4) is 10.8 Å². The summed E-state index contributed by atoms with van der Waals surface area (Å²) in [5.41, 5.74) is 1.88. The Kier molecular flexibility index (Phi) is 5.66. The number of carbonyl (C=O) groups excluding carboxylic acids is 1. The first-order valence-electron chi connectivity index (χ1n) is 7.46. The van der Waals surface area contributed by atoms with E-state index in [0.717, 1.165) is 21.9 Å². The van der Waals surface area contributed by atoms with Gasteiger partial charge in [0.25, 0.3) is 0 Å². The monoisotopic (exact) mass is 359 g/mol. The molecule has 3 heterocycles. The number of hydrogen-bond acceptors (Lipinski definition) is 6. The van der Waals surface area contributed by atoms with Crippen LogP contribution in [-0.4, -0.2) is 21.6 Å². The van der Waals surface area contributed by atoms with Gasteiger partial charge in [-0.25, -0.2) is 4.98 Å². The minimum atomic E-state index is 0.00322. The fourth-order valence-corrected chi connectivity index (χ4v) is 3.56. The molecule has 0 spiro atoms. The maximum Gasteiger partial charge on any atom is 0.236 e. The topological polar surface area (TPSA) is 68.0 Å². The normalized spacial score (nSPS) is 10.7. The van der Waals surface area contributed by atoms with Gasteiger partial charge < -0.3 is 9.73 Å². The van der Waals surface area contributed by atoms with Crippen LogP contribution in [0.5, 0.6) is 0 Å². The third-order valence-corrected chi connectivity index (χ3v) is 5.11. The lowest BCUT2D eigenvalue weighted by molar-refractivity contribution is -0.118. The predicted octanol–water partition coefficient (Wildman–Crippen LogP) is 3.66. The van der Waals surface area contributed by atoms with E-state index < -0.39 is 0 Å². The van der Waals surface area contributed by atoms with Gasteiger partial charge >= 0.3 is 0 Å². The first-order valence-corrected chi connectivity index (χ1v) is 9.49. The Bertz CT molecular complexity index is 786. The summed E-state index contributed by atoms with van der Waals surface area (Å²) >= 11 is 3.13. The van der Waals surface area contributed by atoms with Crippen LogP contribution in [0.2, 0.25) is 0 Å². The van der Waals surface area contributed by atoms with Crippen LogP contribution in [-0.2, 0) is 17.1 Å². The largest absolute Gasteiger partial charge is 0.440 e. The molecule has 3 aromatic heterocycles. The summed E-state index contributed by atoms with van der Waals surface area (Å²) in [6.45, 7) is 2.40. The first kappa shape index (κ1) is 16.7. The molecule has 0 atom stereocenters. The molecule has 0 aliphatic heterocycles. The Morgan fingerprint density at radius 1 is 1.38 bits per heavy atom. The summed E-state index contributed by atoms with van der Waals surface area (Å²) in [4.78, 5) is 21.5. The van der Waals surface area contributed by atoms with Gasteiger partial charge in [-0.15, -0.1) is 23.1 Å². The van der Waals surface area contributed by atoms with Crippen LogP contribution >= 0.6 is 23.1 Å². The molecule has 0 fully saturated rings. The zero-order chi connectivity index (χ0) is 16.8. The summed E-state index contributed by atoms with van der Waals surface area (Å²) in [6, 6.07) is 7.75. The van der Waals surface area contributed by atoms with Crippen LogP contribution in [0, 0.1) is 6.92 Å². The molecule has 3 aromatic rings. The molecule has 0 aromatic carbocycles. The second-order valence-electron chi connectivity index (χ2n) is 5.13. The summed E-state index contributed by atoms with van der Waals surface area (Å²) in [7, 11) is 0. The molecular weight excluding hydrogens is 342 g/mol. The van der Waals surface area contributed by atoms with Gasteiger partial charge in [-0.1, -0.05) is 12.1 Å². The van der Waals surface area contributed by atoms with E-state index in [9.17, 15) is 4.79 Å². The Balaban J connectivity index is 1.45. The minimum absolute atomic E-state index is 0.00322. The smallest absolute Gasteiger partial charge is 0.236 e. The molecule has 0 saturated carbocycles. The lowest BCUT2D eigenvalue weighted by Gasteiger charge is -2.04. The highest BCUT2D eigenvalue weighted by Gasteiger charge is 2.12. The van der Waals surface area contributed by atoms with Crippen LogP contribution in [0.3, 0.4) is 0 Å². The number of aryl methyl sites for hydroxylation is 1. The SMILES string of the molecule is Cc1oc(-c2cccs2)nc1CSCC(=O)NCc1cccnc1. The van der Waals surface area contributed by atoms with Crippen molar-refractivity contribution in [2.45, 2.75) is 19.2 Å². The highest BCUT2D eigenvalue weighted by Crippen LogP contribution is 2.27. The zero-order valence-electron chi connectivity index (χ0n) is 13.2. The number of carbonyl (C=O) groups is 1. The van der Waals surface area contributed by atoms with Gasteiger partial charge in [-0.2, -0.15) is 0 Å². The number of thiophene rings is 1. The van der Waals surface area contributed by atoms with Crippen LogP contribution in [0.1, 0.15) is 17.0 Å². The van der Waals surface area contributed by atoms with Crippen LogP contribution in [0.4, 0.5) is 0 Å². The third kappa shape index (κ3) is 4.46. The molecule has 0 bridgehead atoms. The summed E-state index contributed by atoms with van der Waals surface area (Å²) in [6.07, 6.45) is 3.46. The fraction of sp³-hybridized carbons (Fsp3) is 0.235. The summed E-state index contributed by atoms with van der Waals surface area (Å²) < 4.78 is 5.70. The Morgan fingerprint density at radius 2 is 2.29 bits per heavy atom. The summed E-state index contributed by atoms with van der Waals surface area (Å²) in [5.74, 6) is 2.51. The Morgan fingerprint density at radius 3 is 3.04 bits per heavy atom. The number of thioether (sulfide) groups is 1. The molecule has 1 amide bonds. The number of oxazole rings is 1. The standard InChI is InChI=1S/C17H17N3O2S2/c1-12-14(20-17(22-12)15-5-3-7-24-15)10-23-11-16(21)19-9-13-4-2-6-18-8-13/h2-8H,9-11H2,1H3,(H,19,21). The van der Waals surface area contributed by atoms with E-state index in [4.69, 9.17) is 4.42 Å². The van der Waals surface area contributed by atoms with Gasteiger partial charge in [0.05, 0.1) is 16.3 Å². The summed E-state index contributed by atoms with van der Waals surface area (Å²) in [5, 5.41) is 4.88. The number of hydrogen-bond donors (Lipinski definition) is 1. The van der Waals surface area contributed by atoms with Crippen LogP contribution in [0.15, 0.2) is 46.5 Å². The lowest BCUT2D eigenvalue weighted by atomic mass is 10.3. The Hall–Kier alpha value is -2.12. The van der Waals surface area contributed by atoms with E-state index in [2.05, 4.69) is 15.3 Å². The van der Waals surface area contributed by atoms with Gasteiger partial charge in [0.1, 0.15) is 5.76 Å². The van der Waals surface area contributed by atoms with E-state index in [1.165, 1.54) is 11.8 Å². The van der Waals surface area contributed by atoms with Gasteiger partial charge in [-0.3, -0.25) is 9.78 Å². The first-order chi connectivity index (χ1) is 11.7. The molecule has 0 unspecified atom stereocenters. The molecule has 0 radical (unpaired) electrons. The second-order valence-corrected chi connectivity index (χ2v) is 7.06. The van der Waals surface area contributed by atoms with E-state index >= 15 is 0 Å². The van der Waals surface area contributed by atoms with Crippen molar-refractivity contribution in [3.63, 3.8) is 0 Å². The van der Waals surface area contributed by atoms with Crippen molar-refractivity contribution >= 4 is 29.0 Å². The van der Waals surface area contributed by atoms with Crippen molar-refractivity contribution < 1.29 is 9.21 Å². The lowest BCUT2D eigenvalue weighted by Crippen LogP contribution is -2.24. The maximum atomic E-state index is 11.9. The van der Waals surface area contributed by atoms with Crippen molar-refractivity contribution in [2.75, 3.05) is 5.75 Å². The van der Waals surface area contributed by atoms with Crippen LogP contribution < -0.4 is 5.32 Å². The van der Waals surface area contributed by atoms with E-state index in [1.807, 2.05) is 36.6 Å². The van der Waals surface area contributed by atoms with E-state index in [1.54, 1.807) is 23.7 Å². The van der Waals surface area contributed by atoms with Crippen molar-refractivity contribution in [3.05, 3.63) is 59.1 Å². The fourth-order valence-electron chi connectivity index (χ4n) is 2.06. The predicted molar refractivity (Wildman–Crippen MR) is 96.8 cm³/mol. The number of nitrogens with zero attached hydrogens (tertiary/aromatic N) is 2. The number of pyridine rings is 1.